The normalized spacial score (nSPS) is 10.1. The summed E-state index contributed by atoms with van der Waals surface area (Å²) in [6.45, 7) is -0.0581. The highest BCUT2D eigenvalue weighted by Crippen LogP contribution is 2.19. The third-order valence-electron chi connectivity index (χ3n) is 3.79. The van der Waals surface area contributed by atoms with Gasteiger partial charge in [-0.15, -0.1) is 0 Å². The van der Waals surface area contributed by atoms with Crippen LogP contribution in [0.15, 0.2) is 69.8 Å². The van der Waals surface area contributed by atoms with E-state index >= 15 is 0 Å². The maximum absolute atomic E-state index is 12.3. The molecule has 0 bridgehead atoms. The number of nitriles is 1. The third kappa shape index (κ3) is 5.96. The predicted octanol–water partition coefficient (Wildman–Crippen LogP) is 4.38. The molecule has 8 heteroatoms. The number of amides is 2. The number of carbonyl (C=O) groups is 2. The first-order valence-corrected chi connectivity index (χ1v) is 9.38. The number of nitrogens with one attached hydrogen (secondary N) is 2. The van der Waals surface area contributed by atoms with Crippen LogP contribution in [-0.2, 0) is 11.2 Å². The maximum Gasteiger partial charge on any atom is 0.291 e. The summed E-state index contributed by atoms with van der Waals surface area (Å²) >= 11 is 3.15. The zero-order chi connectivity index (χ0) is 20.6. The molecule has 1 aromatic heterocycles. The number of anilines is 2. The summed E-state index contributed by atoms with van der Waals surface area (Å²) in [5.41, 5.74) is 1.96. The molecule has 2 amide bonds. The van der Waals surface area contributed by atoms with Crippen molar-refractivity contribution in [3.63, 3.8) is 0 Å². The highest BCUT2D eigenvalue weighted by Gasteiger charge is 2.11. The summed E-state index contributed by atoms with van der Waals surface area (Å²) in [6.07, 6.45) is 0.169. The molecule has 0 unspecified atom stereocenters. The van der Waals surface area contributed by atoms with Crippen molar-refractivity contribution in [2.45, 2.75) is 6.42 Å². The molecule has 0 fully saturated rings. The summed E-state index contributed by atoms with van der Waals surface area (Å²) in [6, 6.07) is 18.9. The van der Waals surface area contributed by atoms with E-state index in [-0.39, 0.29) is 30.6 Å². The van der Waals surface area contributed by atoms with E-state index in [2.05, 4.69) is 26.6 Å². The number of furan rings is 1. The van der Waals surface area contributed by atoms with Crippen molar-refractivity contribution in [1.82, 2.24) is 0 Å². The van der Waals surface area contributed by atoms with Crippen LogP contribution in [0.2, 0.25) is 0 Å². The lowest BCUT2D eigenvalue weighted by molar-refractivity contribution is -0.115. The molecule has 3 aromatic rings. The first-order chi connectivity index (χ1) is 14.0. The summed E-state index contributed by atoms with van der Waals surface area (Å²) in [4.78, 5) is 24.3. The van der Waals surface area contributed by atoms with Crippen molar-refractivity contribution in [1.29, 1.82) is 5.26 Å². The lowest BCUT2D eigenvalue weighted by Crippen LogP contribution is -2.14. The van der Waals surface area contributed by atoms with Gasteiger partial charge in [0.05, 0.1) is 6.42 Å². The van der Waals surface area contributed by atoms with Crippen LogP contribution in [0.3, 0.4) is 0 Å². The Morgan fingerprint density at radius 3 is 2.52 bits per heavy atom. The minimum absolute atomic E-state index is 0.0581. The van der Waals surface area contributed by atoms with Gasteiger partial charge in [0, 0.05) is 17.4 Å². The number of nitrogens with zero attached hydrogens (tertiary/aromatic N) is 1. The molecule has 0 aliphatic heterocycles. The number of rotatable bonds is 7. The number of ether oxygens (including phenoxy) is 1. The molecule has 29 heavy (non-hydrogen) atoms. The quantitative estimate of drug-likeness (QED) is 0.552. The number of benzene rings is 2. The summed E-state index contributed by atoms with van der Waals surface area (Å²) in [5.74, 6) is 0.147. The second-order valence-corrected chi connectivity index (χ2v) is 6.74. The zero-order valence-corrected chi connectivity index (χ0v) is 16.7. The van der Waals surface area contributed by atoms with Gasteiger partial charge < -0.3 is 19.8 Å². The van der Waals surface area contributed by atoms with Gasteiger partial charge in [-0.2, -0.15) is 5.26 Å². The van der Waals surface area contributed by atoms with Crippen LogP contribution in [0, 0.1) is 11.3 Å². The largest absolute Gasteiger partial charge is 0.479 e. The second kappa shape index (κ2) is 9.57. The van der Waals surface area contributed by atoms with Crippen LogP contribution < -0.4 is 15.4 Å². The molecule has 1 heterocycles. The Morgan fingerprint density at radius 1 is 1.03 bits per heavy atom. The van der Waals surface area contributed by atoms with E-state index in [9.17, 15) is 9.59 Å². The lowest BCUT2D eigenvalue weighted by Gasteiger charge is -2.08. The Labute approximate surface area is 175 Å². The Bertz CT molecular complexity index is 1050. The number of halogens is 1. The van der Waals surface area contributed by atoms with Gasteiger partial charge in [-0.1, -0.05) is 18.2 Å². The molecular formula is C21H16BrN3O4. The van der Waals surface area contributed by atoms with E-state index in [1.807, 2.05) is 6.07 Å². The highest BCUT2D eigenvalue weighted by molar-refractivity contribution is 9.10. The third-order valence-corrected chi connectivity index (χ3v) is 4.22. The average Bonchev–Trinajstić information content (AvgIpc) is 3.14. The van der Waals surface area contributed by atoms with Crippen molar-refractivity contribution >= 4 is 39.1 Å². The molecule has 0 saturated carbocycles. The van der Waals surface area contributed by atoms with Crippen LogP contribution in [0.4, 0.5) is 11.4 Å². The molecule has 0 aliphatic rings. The predicted molar refractivity (Wildman–Crippen MR) is 111 cm³/mol. The van der Waals surface area contributed by atoms with Crippen LogP contribution >= 0.6 is 15.9 Å². The highest BCUT2D eigenvalue weighted by atomic mass is 79.9. The van der Waals surface area contributed by atoms with Crippen LogP contribution in [-0.4, -0.2) is 18.4 Å². The number of hydrogen-bond acceptors (Lipinski definition) is 5. The number of hydrogen-bond donors (Lipinski definition) is 2. The van der Waals surface area contributed by atoms with Crippen molar-refractivity contribution in [3.05, 3.63) is 76.7 Å². The van der Waals surface area contributed by atoms with Gasteiger partial charge in [0.2, 0.25) is 5.91 Å². The Balaban J connectivity index is 1.54. The van der Waals surface area contributed by atoms with E-state index in [0.717, 1.165) is 5.56 Å². The van der Waals surface area contributed by atoms with Gasteiger partial charge in [0.1, 0.15) is 11.8 Å². The summed E-state index contributed by atoms with van der Waals surface area (Å²) < 4.78 is 10.9. The van der Waals surface area contributed by atoms with Gasteiger partial charge in [-0.3, -0.25) is 9.59 Å². The zero-order valence-electron chi connectivity index (χ0n) is 15.1. The molecule has 0 spiro atoms. The van der Waals surface area contributed by atoms with Crippen LogP contribution in [0.5, 0.6) is 5.75 Å². The summed E-state index contributed by atoms with van der Waals surface area (Å²) in [5, 5.41) is 14.1. The van der Waals surface area contributed by atoms with E-state index in [1.165, 1.54) is 0 Å². The fraction of sp³-hybridized carbons (Fsp3) is 0.0952. The molecule has 3 rings (SSSR count). The Hall–Kier alpha value is -3.57. The minimum Gasteiger partial charge on any atom is -0.479 e. The van der Waals surface area contributed by atoms with E-state index < -0.39 is 0 Å². The number of carbonyl (C=O) groups excluding carboxylic acids is 2. The van der Waals surface area contributed by atoms with Gasteiger partial charge >= 0.3 is 0 Å². The monoisotopic (exact) mass is 453 g/mol. The second-order valence-electron chi connectivity index (χ2n) is 5.95. The van der Waals surface area contributed by atoms with E-state index in [1.54, 1.807) is 60.7 Å². The van der Waals surface area contributed by atoms with Gasteiger partial charge in [0.15, 0.2) is 17.0 Å². The minimum atomic E-state index is -0.361. The molecule has 0 radical (unpaired) electrons. The van der Waals surface area contributed by atoms with Gasteiger partial charge in [0.25, 0.3) is 5.91 Å². The molecule has 2 aromatic carbocycles. The summed E-state index contributed by atoms with van der Waals surface area (Å²) in [7, 11) is 0. The molecule has 0 saturated heterocycles. The van der Waals surface area contributed by atoms with Crippen LogP contribution in [0.25, 0.3) is 0 Å². The molecular weight excluding hydrogens is 438 g/mol. The van der Waals surface area contributed by atoms with E-state index in [4.69, 9.17) is 14.4 Å². The first-order valence-electron chi connectivity index (χ1n) is 8.59. The van der Waals surface area contributed by atoms with Crippen molar-refractivity contribution in [3.8, 4) is 11.8 Å². The van der Waals surface area contributed by atoms with Crippen molar-refractivity contribution < 1.29 is 18.7 Å². The fourth-order valence-corrected chi connectivity index (χ4v) is 2.81. The topological polar surface area (TPSA) is 104 Å². The van der Waals surface area contributed by atoms with Gasteiger partial charge in [-0.25, -0.2) is 0 Å². The van der Waals surface area contributed by atoms with E-state index in [0.29, 0.717) is 21.8 Å². The molecule has 2 N–H and O–H groups in total. The molecule has 0 atom stereocenters. The van der Waals surface area contributed by atoms with Gasteiger partial charge in [-0.05, 0) is 57.9 Å². The molecule has 0 aliphatic carbocycles. The van der Waals surface area contributed by atoms with Crippen molar-refractivity contribution in [2.24, 2.45) is 0 Å². The molecule has 146 valence electrons. The Kier molecular flexibility index (Phi) is 6.66. The smallest absolute Gasteiger partial charge is 0.291 e. The maximum atomic E-state index is 12.3. The van der Waals surface area contributed by atoms with Crippen LogP contribution in [0.1, 0.15) is 16.1 Å². The lowest BCUT2D eigenvalue weighted by atomic mass is 10.1. The SMILES string of the molecule is N#CCOc1cccc(NC(=O)Cc2ccc(NC(=O)c3ccc(Br)o3)cc2)c1. The Morgan fingerprint density at radius 2 is 1.83 bits per heavy atom. The molecule has 7 nitrogen and oxygen atoms in total. The fourth-order valence-electron chi connectivity index (χ4n) is 2.50. The first kappa shape index (κ1) is 20.2. The average molecular weight is 454 g/mol. The standard InChI is InChI=1S/C21H16BrN3O4/c22-19-9-8-18(29-19)21(27)25-15-6-4-14(5-7-15)12-20(26)24-16-2-1-3-17(13-16)28-11-10-23/h1-9,13H,11-12H2,(H,24,26)(H,25,27). The van der Waals surface area contributed by atoms with Crippen molar-refractivity contribution in [2.75, 3.05) is 17.2 Å².